The van der Waals surface area contributed by atoms with E-state index in [1.807, 2.05) is 30.3 Å². The maximum absolute atomic E-state index is 12.5. The van der Waals surface area contributed by atoms with Crippen molar-refractivity contribution < 1.29 is 28.9 Å². The molecule has 1 fully saturated rings. The van der Waals surface area contributed by atoms with Crippen LogP contribution in [0, 0.1) is 0 Å². The van der Waals surface area contributed by atoms with Crippen molar-refractivity contribution in [3.05, 3.63) is 113 Å². The normalized spacial score (nSPS) is 17.0. The molecule has 206 valence electrons. The lowest BCUT2D eigenvalue weighted by atomic mass is 9.86. The van der Waals surface area contributed by atoms with Crippen LogP contribution in [0.1, 0.15) is 39.4 Å². The summed E-state index contributed by atoms with van der Waals surface area (Å²) in [5.74, 6) is 0.155. The number of ether oxygens (including phenoxy) is 3. The summed E-state index contributed by atoms with van der Waals surface area (Å²) in [5, 5.41) is 11.9. The molecule has 0 spiro atoms. The van der Waals surface area contributed by atoms with Crippen molar-refractivity contribution in [2.24, 2.45) is 0 Å². The molecule has 1 amide bonds. The number of para-hydroxylation sites is 1. The molecule has 1 aliphatic heterocycles. The Morgan fingerprint density at radius 1 is 0.900 bits per heavy atom. The van der Waals surface area contributed by atoms with E-state index in [1.54, 1.807) is 18.2 Å². The number of likely N-dealkylation sites (tertiary alicyclic amines) is 1. The Morgan fingerprint density at radius 2 is 1.62 bits per heavy atom. The van der Waals surface area contributed by atoms with Crippen molar-refractivity contribution in [2.45, 2.75) is 31.5 Å². The molecule has 4 aromatic carbocycles. The summed E-state index contributed by atoms with van der Waals surface area (Å²) in [7, 11) is 1.53. The molecule has 1 N–H and O–H groups in total. The molecule has 1 aliphatic rings. The smallest absolute Gasteiger partial charge is 0.407 e. The van der Waals surface area contributed by atoms with Crippen molar-refractivity contribution in [1.82, 2.24) is 4.90 Å². The maximum atomic E-state index is 12.5. The summed E-state index contributed by atoms with van der Waals surface area (Å²) in [6.45, 7) is 1.46. The van der Waals surface area contributed by atoms with Crippen LogP contribution in [-0.4, -0.2) is 55.0 Å². The van der Waals surface area contributed by atoms with Crippen LogP contribution >= 0.6 is 0 Å². The van der Waals surface area contributed by atoms with Crippen molar-refractivity contribution in [1.29, 1.82) is 0 Å². The lowest BCUT2D eigenvalue weighted by Crippen LogP contribution is -2.46. The minimum Gasteiger partial charge on any atom is -0.496 e. The highest BCUT2D eigenvalue weighted by molar-refractivity contribution is 5.92. The fourth-order valence-electron chi connectivity index (χ4n) is 5.26. The second-order valence-electron chi connectivity index (χ2n) is 9.98. The Labute approximate surface area is 233 Å². The Balaban J connectivity index is 1.21. The van der Waals surface area contributed by atoms with Gasteiger partial charge in [-0.1, -0.05) is 72.8 Å². The van der Waals surface area contributed by atoms with E-state index in [2.05, 4.69) is 42.5 Å². The van der Waals surface area contributed by atoms with Gasteiger partial charge in [0.15, 0.2) is 0 Å². The first-order valence-electron chi connectivity index (χ1n) is 13.5. The van der Waals surface area contributed by atoms with Crippen molar-refractivity contribution in [2.75, 3.05) is 26.8 Å². The zero-order valence-corrected chi connectivity index (χ0v) is 22.5. The number of nitrogens with zero attached hydrogens (tertiary/aromatic N) is 1. The summed E-state index contributed by atoms with van der Waals surface area (Å²) in [6.07, 6.45) is 0.0881. The van der Waals surface area contributed by atoms with Crippen LogP contribution in [-0.2, 0) is 22.5 Å². The molecule has 4 aromatic rings. The van der Waals surface area contributed by atoms with Gasteiger partial charge in [0, 0.05) is 18.9 Å². The molecule has 1 heterocycles. The molecule has 0 radical (unpaired) electrons. The van der Waals surface area contributed by atoms with E-state index in [4.69, 9.17) is 14.2 Å². The molecule has 40 heavy (non-hydrogen) atoms. The number of methoxy groups -OCH3 is 1. The van der Waals surface area contributed by atoms with Crippen LogP contribution in [0.15, 0.2) is 91.0 Å². The van der Waals surface area contributed by atoms with Gasteiger partial charge in [-0.05, 0) is 52.1 Å². The highest BCUT2D eigenvalue weighted by Crippen LogP contribution is 2.32. The van der Waals surface area contributed by atoms with Crippen LogP contribution < -0.4 is 4.74 Å². The van der Waals surface area contributed by atoms with E-state index in [0.29, 0.717) is 43.9 Å². The van der Waals surface area contributed by atoms with Gasteiger partial charge in [-0.2, -0.15) is 0 Å². The molecular formula is C33H33NO6. The predicted octanol–water partition coefficient (Wildman–Crippen LogP) is 6.30. The predicted molar refractivity (Wildman–Crippen MR) is 153 cm³/mol. The molecule has 0 saturated carbocycles. The summed E-state index contributed by atoms with van der Waals surface area (Å²) in [4.78, 5) is 25.6. The minimum atomic E-state index is -0.921. The van der Waals surface area contributed by atoms with Crippen LogP contribution in [0.5, 0.6) is 5.75 Å². The van der Waals surface area contributed by atoms with Gasteiger partial charge in [-0.3, -0.25) is 0 Å². The zero-order valence-electron chi connectivity index (χ0n) is 22.5. The number of benzene rings is 4. The van der Waals surface area contributed by atoms with Crippen LogP contribution in [0.4, 0.5) is 4.79 Å². The number of piperidine rings is 1. The Bertz CT molecular complexity index is 1470. The average Bonchev–Trinajstić information content (AvgIpc) is 3.00. The Hall–Kier alpha value is -4.36. The van der Waals surface area contributed by atoms with Crippen molar-refractivity contribution in [3.63, 3.8) is 0 Å². The second-order valence-corrected chi connectivity index (χ2v) is 9.98. The van der Waals surface area contributed by atoms with Crippen LogP contribution in [0.2, 0.25) is 0 Å². The van der Waals surface area contributed by atoms with Crippen LogP contribution in [0.25, 0.3) is 10.8 Å². The molecule has 7 heteroatoms. The van der Waals surface area contributed by atoms with E-state index in [1.165, 1.54) is 17.4 Å². The lowest BCUT2D eigenvalue weighted by molar-refractivity contribution is -0.0199. The third-order valence-corrected chi connectivity index (χ3v) is 7.47. The van der Waals surface area contributed by atoms with E-state index in [9.17, 15) is 14.7 Å². The fourth-order valence-corrected chi connectivity index (χ4v) is 5.26. The van der Waals surface area contributed by atoms with Crippen molar-refractivity contribution >= 4 is 22.8 Å². The molecular weight excluding hydrogens is 506 g/mol. The fraction of sp³-hybridized carbons (Fsp3) is 0.273. The topological polar surface area (TPSA) is 85.3 Å². The van der Waals surface area contributed by atoms with Gasteiger partial charge in [0.05, 0.1) is 33.0 Å². The van der Waals surface area contributed by atoms with Gasteiger partial charge in [0.25, 0.3) is 0 Å². The lowest BCUT2D eigenvalue weighted by Gasteiger charge is -2.37. The summed E-state index contributed by atoms with van der Waals surface area (Å²) >= 11 is 0. The zero-order chi connectivity index (χ0) is 27.9. The number of rotatable bonds is 9. The number of carboxylic acid groups (broad SMARTS) is 1. The molecule has 0 aromatic heterocycles. The molecule has 7 nitrogen and oxygen atoms in total. The van der Waals surface area contributed by atoms with Gasteiger partial charge in [0.2, 0.25) is 0 Å². The standard InChI is InChI=1S/C33H33NO6/c1-38-30-9-5-4-8-29(30)32(35)39-19-17-23-10-14-26(15-11-23)28-16-18-34(33(36)37)21-31(28)40-22-24-12-13-25-6-2-3-7-27(25)20-24/h2-15,20,28,31H,16-19,21-22H2,1H3,(H,36,37). The molecule has 5 rings (SSSR count). The molecule has 2 atom stereocenters. The number of carbonyl (C=O) groups is 2. The van der Waals surface area contributed by atoms with Gasteiger partial charge < -0.3 is 24.2 Å². The third-order valence-electron chi connectivity index (χ3n) is 7.47. The SMILES string of the molecule is COc1ccccc1C(=O)OCCc1ccc(C2CCN(C(=O)O)CC2OCc2ccc3ccccc3c2)cc1. The van der Waals surface area contributed by atoms with Gasteiger partial charge >= 0.3 is 12.1 Å². The molecule has 0 aliphatic carbocycles. The largest absolute Gasteiger partial charge is 0.496 e. The molecule has 2 unspecified atom stereocenters. The summed E-state index contributed by atoms with van der Waals surface area (Å²) < 4.78 is 17.1. The first-order chi connectivity index (χ1) is 19.5. The number of hydrogen-bond donors (Lipinski definition) is 1. The Kier molecular flexibility index (Phi) is 8.62. The van der Waals surface area contributed by atoms with E-state index in [0.717, 1.165) is 22.1 Å². The number of amides is 1. The van der Waals surface area contributed by atoms with Gasteiger partial charge in [-0.25, -0.2) is 9.59 Å². The average molecular weight is 540 g/mol. The third kappa shape index (κ3) is 6.43. The van der Waals surface area contributed by atoms with E-state index < -0.39 is 12.1 Å². The molecule has 0 bridgehead atoms. The van der Waals surface area contributed by atoms with Gasteiger partial charge in [0.1, 0.15) is 11.3 Å². The summed E-state index contributed by atoms with van der Waals surface area (Å²) in [6, 6.07) is 29.7. The van der Waals surface area contributed by atoms with Gasteiger partial charge in [-0.15, -0.1) is 0 Å². The highest BCUT2D eigenvalue weighted by atomic mass is 16.5. The molecule has 1 saturated heterocycles. The van der Waals surface area contributed by atoms with Crippen LogP contribution in [0.3, 0.4) is 0 Å². The Morgan fingerprint density at radius 3 is 2.40 bits per heavy atom. The first kappa shape index (κ1) is 27.2. The number of carbonyl (C=O) groups excluding carboxylic acids is 1. The highest BCUT2D eigenvalue weighted by Gasteiger charge is 2.33. The van der Waals surface area contributed by atoms with E-state index in [-0.39, 0.29) is 18.6 Å². The van der Waals surface area contributed by atoms with E-state index >= 15 is 0 Å². The monoisotopic (exact) mass is 539 g/mol. The second kappa shape index (κ2) is 12.7. The number of fused-ring (bicyclic) bond motifs is 1. The first-order valence-corrected chi connectivity index (χ1v) is 13.5. The van der Waals surface area contributed by atoms with Crippen molar-refractivity contribution in [3.8, 4) is 5.75 Å². The number of esters is 1. The maximum Gasteiger partial charge on any atom is 0.407 e. The summed E-state index contributed by atoms with van der Waals surface area (Å²) in [5.41, 5.74) is 3.63. The number of hydrogen-bond acceptors (Lipinski definition) is 5. The minimum absolute atomic E-state index is 0.0773. The quantitative estimate of drug-likeness (QED) is 0.251.